The standard InChI is InChI=1S/C10H12ClNO3/c1-4-6-5-7(10(14)15-3)8(11)12(2)9(6)13/h5H,4H2,1-3H3. The highest BCUT2D eigenvalue weighted by atomic mass is 35.5. The predicted molar refractivity (Wildman–Crippen MR) is 57.4 cm³/mol. The van der Waals surface area contributed by atoms with E-state index in [0.29, 0.717) is 12.0 Å². The minimum absolute atomic E-state index is 0.101. The number of ether oxygens (including phenoxy) is 1. The highest BCUT2D eigenvalue weighted by molar-refractivity contribution is 6.32. The Morgan fingerprint density at radius 3 is 2.67 bits per heavy atom. The first-order valence-corrected chi connectivity index (χ1v) is 4.87. The van der Waals surface area contributed by atoms with E-state index in [1.165, 1.54) is 24.8 Å². The van der Waals surface area contributed by atoms with Crippen molar-refractivity contribution in [2.24, 2.45) is 7.05 Å². The van der Waals surface area contributed by atoms with Crippen molar-refractivity contribution in [3.8, 4) is 0 Å². The molecule has 0 bridgehead atoms. The molecular weight excluding hydrogens is 218 g/mol. The van der Waals surface area contributed by atoms with Crippen molar-refractivity contribution in [3.05, 3.63) is 32.7 Å². The number of aromatic nitrogens is 1. The molecule has 0 aromatic carbocycles. The zero-order valence-electron chi connectivity index (χ0n) is 8.83. The number of hydrogen-bond acceptors (Lipinski definition) is 3. The number of halogens is 1. The lowest BCUT2D eigenvalue weighted by atomic mass is 10.1. The smallest absolute Gasteiger partial charge is 0.340 e. The van der Waals surface area contributed by atoms with Crippen LogP contribution in [0.2, 0.25) is 5.15 Å². The van der Waals surface area contributed by atoms with Crippen molar-refractivity contribution in [1.82, 2.24) is 4.57 Å². The highest BCUT2D eigenvalue weighted by Crippen LogP contribution is 2.15. The van der Waals surface area contributed by atoms with Crippen LogP contribution in [0.5, 0.6) is 0 Å². The highest BCUT2D eigenvalue weighted by Gasteiger charge is 2.16. The lowest BCUT2D eigenvalue weighted by molar-refractivity contribution is 0.0600. The van der Waals surface area contributed by atoms with Gasteiger partial charge in [0, 0.05) is 12.6 Å². The van der Waals surface area contributed by atoms with Crippen molar-refractivity contribution in [2.45, 2.75) is 13.3 Å². The zero-order valence-corrected chi connectivity index (χ0v) is 9.59. The molecule has 15 heavy (non-hydrogen) atoms. The normalized spacial score (nSPS) is 10.1. The van der Waals surface area contributed by atoms with Crippen LogP contribution in [0.25, 0.3) is 0 Å². The molecular formula is C10H12ClNO3. The third-order valence-electron chi connectivity index (χ3n) is 2.20. The SMILES string of the molecule is CCc1cc(C(=O)OC)c(Cl)n(C)c1=O. The van der Waals surface area contributed by atoms with Gasteiger partial charge in [0.05, 0.1) is 12.7 Å². The van der Waals surface area contributed by atoms with Gasteiger partial charge in [-0.15, -0.1) is 0 Å². The molecule has 1 aromatic heterocycles. The van der Waals surface area contributed by atoms with Crippen molar-refractivity contribution >= 4 is 17.6 Å². The number of rotatable bonds is 2. The molecule has 0 atom stereocenters. The first kappa shape index (κ1) is 11.8. The quantitative estimate of drug-likeness (QED) is 0.569. The summed E-state index contributed by atoms with van der Waals surface area (Å²) in [5.74, 6) is -0.537. The van der Waals surface area contributed by atoms with Crippen molar-refractivity contribution < 1.29 is 9.53 Å². The molecule has 82 valence electrons. The van der Waals surface area contributed by atoms with Gasteiger partial charge in [-0.25, -0.2) is 4.79 Å². The topological polar surface area (TPSA) is 48.3 Å². The van der Waals surface area contributed by atoms with Gasteiger partial charge in [-0.1, -0.05) is 18.5 Å². The Labute approximate surface area is 92.4 Å². The van der Waals surface area contributed by atoms with Crippen molar-refractivity contribution in [2.75, 3.05) is 7.11 Å². The molecule has 1 heterocycles. The number of hydrogen-bond donors (Lipinski definition) is 0. The second-order valence-corrected chi connectivity index (χ2v) is 3.44. The molecule has 0 saturated carbocycles. The molecule has 0 aliphatic carbocycles. The van der Waals surface area contributed by atoms with Crippen LogP contribution in [0.3, 0.4) is 0 Å². The van der Waals surface area contributed by atoms with Gasteiger partial charge in [-0.3, -0.25) is 4.79 Å². The minimum atomic E-state index is -0.537. The Morgan fingerprint density at radius 2 is 2.20 bits per heavy atom. The number of carbonyl (C=O) groups excluding carboxylic acids is 1. The maximum absolute atomic E-state index is 11.6. The molecule has 0 spiro atoms. The fraction of sp³-hybridized carbons (Fsp3) is 0.400. The van der Waals surface area contributed by atoms with Crippen LogP contribution in [-0.2, 0) is 18.2 Å². The van der Waals surface area contributed by atoms with E-state index >= 15 is 0 Å². The number of methoxy groups -OCH3 is 1. The van der Waals surface area contributed by atoms with Gasteiger partial charge in [0.15, 0.2) is 0 Å². The Morgan fingerprint density at radius 1 is 1.60 bits per heavy atom. The number of pyridine rings is 1. The van der Waals surface area contributed by atoms with Crippen LogP contribution in [0.15, 0.2) is 10.9 Å². The van der Waals surface area contributed by atoms with Crippen LogP contribution in [-0.4, -0.2) is 17.6 Å². The summed E-state index contributed by atoms with van der Waals surface area (Å²) in [6.07, 6.45) is 0.549. The third kappa shape index (κ3) is 2.04. The maximum Gasteiger partial charge on any atom is 0.340 e. The molecule has 4 nitrogen and oxygen atoms in total. The minimum Gasteiger partial charge on any atom is -0.465 e. The fourth-order valence-corrected chi connectivity index (χ4v) is 1.50. The van der Waals surface area contributed by atoms with Gasteiger partial charge in [-0.2, -0.15) is 0 Å². The van der Waals surface area contributed by atoms with E-state index in [1.54, 1.807) is 0 Å². The summed E-state index contributed by atoms with van der Waals surface area (Å²) < 4.78 is 5.82. The molecule has 0 aliphatic rings. The third-order valence-corrected chi connectivity index (χ3v) is 2.66. The van der Waals surface area contributed by atoms with Gasteiger partial charge in [0.2, 0.25) is 0 Å². The molecule has 0 amide bonds. The average Bonchev–Trinajstić information content (AvgIpc) is 2.25. The summed E-state index contributed by atoms with van der Waals surface area (Å²) in [7, 11) is 2.80. The van der Waals surface area contributed by atoms with E-state index < -0.39 is 5.97 Å². The van der Waals surface area contributed by atoms with E-state index in [-0.39, 0.29) is 16.3 Å². The molecule has 1 aromatic rings. The van der Waals surface area contributed by atoms with Crippen LogP contribution < -0.4 is 5.56 Å². The van der Waals surface area contributed by atoms with Gasteiger partial charge < -0.3 is 9.30 Å². The Kier molecular flexibility index (Phi) is 3.52. The van der Waals surface area contributed by atoms with Crippen LogP contribution in [0.4, 0.5) is 0 Å². The number of aryl methyl sites for hydroxylation is 1. The molecule has 0 radical (unpaired) electrons. The van der Waals surface area contributed by atoms with Crippen LogP contribution >= 0.6 is 11.6 Å². The number of nitrogens with zero attached hydrogens (tertiary/aromatic N) is 1. The Balaban J connectivity index is 3.49. The van der Waals surface area contributed by atoms with Gasteiger partial charge >= 0.3 is 5.97 Å². The van der Waals surface area contributed by atoms with Gasteiger partial charge in [0.1, 0.15) is 5.15 Å². The van der Waals surface area contributed by atoms with E-state index in [1.807, 2.05) is 6.92 Å². The van der Waals surface area contributed by atoms with Crippen LogP contribution in [0.1, 0.15) is 22.8 Å². The van der Waals surface area contributed by atoms with Gasteiger partial charge in [0.25, 0.3) is 5.56 Å². The first-order valence-electron chi connectivity index (χ1n) is 4.49. The summed E-state index contributed by atoms with van der Waals surface area (Å²) in [5, 5.41) is 0.101. The molecule has 5 heteroatoms. The van der Waals surface area contributed by atoms with E-state index in [0.717, 1.165) is 0 Å². The second-order valence-electron chi connectivity index (χ2n) is 3.08. The summed E-state index contributed by atoms with van der Waals surface area (Å²) in [4.78, 5) is 23.0. The first-order chi connectivity index (χ1) is 7.02. The maximum atomic E-state index is 11.6. The van der Waals surface area contributed by atoms with E-state index in [2.05, 4.69) is 4.74 Å². The van der Waals surface area contributed by atoms with Crippen molar-refractivity contribution in [3.63, 3.8) is 0 Å². The monoisotopic (exact) mass is 229 g/mol. The van der Waals surface area contributed by atoms with E-state index in [4.69, 9.17) is 11.6 Å². The lowest BCUT2D eigenvalue weighted by Gasteiger charge is -2.08. The molecule has 0 aliphatic heterocycles. The summed E-state index contributed by atoms with van der Waals surface area (Å²) in [6.45, 7) is 1.84. The molecule has 1 rings (SSSR count). The average molecular weight is 230 g/mol. The molecule has 0 saturated heterocycles. The second kappa shape index (κ2) is 4.49. The predicted octanol–water partition coefficient (Wildman–Crippen LogP) is 1.39. The fourth-order valence-electron chi connectivity index (χ4n) is 1.29. The largest absolute Gasteiger partial charge is 0.465 e. The van der Waals surface area contributed by atoms with Crippen molar-refractivity contribution in [1.29, 1.82) is 0 Å². The molecule has 0 fully saturated rings. The number of esters is 1. The Hall–Kier alpha value is -1.29. The van der Waals surface area contributed by atoms with Gasteiger partial charge in [-0.05, 0) is 12.5 Å². The summed E-state index contributed by atoms with van der Waals surface area (Å²) >= 11 is 5.86. The lowest BCUT2D eigenvalue weighted by Crippen LogP contribution is -2.24. The summed E-state index contributed by atoms with van der Waals surface area (Å²) in [5.41, 5.74) is 0.579. The van der Waals surface area contributed by atoms with Crippen LogP contribution in [0, 0.1) is 0 Å². The zero-order chi connectivity index (χ0) is 11.6. The molecule has 0 N–H and O–H groups in total. The molecule has 0 unspecified atom stereocenters. The number of carbonyl (C=O) groups is 1. The Bertz CT molecular complexity index is 451. The van der Waals surface area contributed by atoms with E-state index in [9.17, 15) is 9.59 Å². The summed E-state index contributed by atoms with van der Waals surface area (Å²) in [6, 6.07) is 1.48.